The van der Waals surface area contributed by atoms with Crippen LogP contribution in [0.2, 0.25) is 0 Å². The average Bonchev–Trinajstić information content (AvgIpc) is 2.39. The maximum absolute atomic E-state index is 12.0. The first kappa shape index (κ1) is 16.9. The van der Waals surface area contributed by atoms with Crippen LogP contribution >= 0.6 is 22.6 Å². The lowest BCUT2D eigenvalue weighted by molar-refractivity contribution is -0.116. The molecule has 1 amide bonds. The summed E-state index contributed by atoms with van der Waals surface area (Å²) in [6, 6.07) is 7.51. The first-order valence-corrected chi connectivity index (χ1v) is 9.14. The van der Waals surface area contributed by atoms with Crippen LogP contribution in [0.4, 0.5) is 5.69 Å². The Morgan fingerprint density at radius 1 is 1.32 bits per heavy atom. The summed E-state index contributed by atoms with van der Waals surface area (Å²) in [4.78, 5) is 12.0. The highest BCUT2D eigenvalue weighted by Crippen LogP contribution is 2.20. The molecule has 0 spiro atoms. The van der Waals surface area contributed by atoms with Gasteiger partial charge < -0.3 is 5.32 Å². The summed E-state index contributed by atoms with van der Waals surface area (Å²) < 4.78 is 29.8. The van der Waals surface area contributed by atoms with Gasteiger partial charge in [0.25, 0.3) is 0 Å². The van der Waals surface area contributed by atoms with E-state index in [-0.39, 0.29) is 12.3 Å². The highest BCUT2D eigenvalue weighted by atomic mass is 127. The molecular formula is C14H16IN3O3S. The van der Waals surface area contributed by atoms with Gasteiger partial charge in [0.05, 0.1) is 11.4 Å². The van der Waals surface area contributed by atoms with Gasteiger partial charge in [0.15, 0.2) is 0 Å². The number of rotatable bonds is 4. The van der Waals surface area contributed by atoms with Crippen molar-refractivity contribution >= 4 is 50.1 Å². The third-order valence-electron chi connectivity index (χ3n) is 3.18. The van der Waals surface area contributed by atoms with E-state index in [0.29, 0.717) is 17.8 Å². The molecule has 1 aromatic rings. The molecule has 0 bridgehead atoms. The van der Waals surface area contributed by atoms with Crippen LogP contribution in [-0.4, -0.2) is 20.0 Å². The Morgan fingerprint density at radius 3 is 2.64 bits per heavy atom. The van der Waals surface area contributed by atoms with Crippen LogP contribution in [0, 0.1) is 3.57 Å². The summed E-state index contributed by atoms with van der Waals surface area (Å²) in [5, 5.41) is 2.85. The van der Waals surface area contributed by atoms with E-state index in [1.165, 1.54) is 0 Å². The fourth-order valence-corrected chi connectivity index (χ4v) is 3.72. The van der Waals surface area contributed by atoms with Crippen LogP contribution < -0.4 is 10.0 Å². The summed E-state index contributed by atoms with van der Waals surface area (Å²) in [6.07, 6.45) is 0.686. The predicted octanol–water partition coefficient (Wildman–Crippen LogP) is 2.59. The van der Waals surface area contributed by atoms with Gasteiger partial charge in [-0.1, -0.05) is 12.1 Å². The second-order valence-electron chi connectivity index (χ2n) is 4.89. The van der Waals surface area contributed by atoms with E-state index >= 15 is 0 Å². The summed E-state index contributed by atoms with van der Waals surface area (Å²) in [6.45, 7) is 3.30. The van der Waals surface area contributed by atoms with E-state index in [9.17, 15) is 13.2 Å². The van der Waals surface area contributed by atoms with Crippen LogP contribution in [0.3, 0.4) is 0 Å². The van der Waals surface area contributed by atoms with Crippen molar-refractivity contribution in [2.24, 2.45) is 4.40 Å². The normalized spacial score (nSPS) is 16.8. The summed E-state index contributed by atoms with van der Waals surface area (Å²) >= 11 is 2.16. The highest BCUT2D eigenvalue weighted by molar-refractivity contribution is 14.1. The van der Waals surface area contributed by atoms with Gasteiger partial charge in [-0.05, 0) is 60.6 Å². The van der Waals surface area contributed by atoms with Crippen LogP contribution in [0.15, 0.2) is 39.9 Å². The number of nitrogens with one attached hydrogen (secondary N) is 2. The van der Waals surface area contributed by atoms with Crippen molar-refractivity contribution in [2.75, 3.05) is 5.32 Å². The standard InChI is InChI=1S/C14H16IN3O3S/c1-9-11(10(2)18-22(20,21)17-9)7-8-14(19)16-13-6-4-3-5-12(13)15/h3-6,17H,7-8H2,1-2H3,(H,16,19). The molecule has 1 aliphatic rings. The van der Waals surface area contributed by atoms with Crippen molar-refractivity contribution in [2.45, 2.75) is 26.7 Å². The Balaban J connectivity index is 2.00. The van der Waals surface area contributed by atoms with E-state index in [1.807, 2.05) is 24.3 Å². The molecule has 0 unspecified atom stereocenters. The first-order chi connectivity index (χ1) is 10.3. The molecule has 0 saturated carbocycles. The van der Waals surface area contributed by atoms with Crippen molar-refractivity contribution in [3.8, 4) is 0 Å². The number of benzene rings is 1. The lowest BCUT2D eigenvalue weighted by Crippen LogP contribution is -2.28. The number of carbonyl (C=O) groups excluding carboxylic acids is 1. The van der Waals surface area contributed by atoms with Crippen LogP contribution in [0.25, 0.3) is 0 Å². The topological polar surface area (TPSA) is 87.6 Å². The largest absolute Gasteiger partial charge is 0.342 e. The van der Waals surface area contributed by atoms with Crippen molar-refractivity contribution in [1.82, 2.24) is 4.72 Å². The molecule has 0 saturated heterocycles. The minimum Gasteiger partial charge on any atom is -0.325 e. The second-order valence-corrected chi connectivity index (χ2v) is 7.38. The maximum atomic E-state index is 12.0. The smallest absolute Gasteiger partial charge is 0.325 e. The van der Waals surface area contributed by atoms with Crippen LogP contribution in [0.5, 0.6) is 0 Å². The van der Waals surface area contributed by atoms with Gasteiger partial charge in [0, 0.05) is 15.7 Å². The van der Waals surface area contributed by atoms with Gasteiger partial charge in [0.1, 0.15) is 0 Å². The molecule has 2 N–H and O–H groups in total. The van der Waals surface area contributed by atoms with E-state index in [4.69, 9.17) is 0 Å². The van der Waals surface area contributed by atoms with Crippen LogP contribution in [-0.2, 0) is 15.0 Å². The third-order valence-corrected chi connectivity index (χ3v) is 5.20. The molecule has 2 rings (SSSR count). The minimum absolute atomic E-state index is 0.120. The zero-order chi connectivity index (χ0) is 16.3. The summed E-state index contributed by atoms with van der Waals surface area (Å²) in [7, 11) is -3.63. The van der Waals surface area contributed by atoms with Gasteiger partial charge >= 0.3 is 10.2 Å². The molecule has 0 aliphatic carbocycles. The van der Waals surface area contributed by atoms with Crippen molar-refractivity contribution in [3.05, 3.63) is 39.1 Å². The lowest BCUT2D eigenvalue weighted by Gasteiger charge is -2.17. The quantitative estimate of drug-likeness (QED) is 0.716. The van der Waals surface area contributed by atoms with Gasteiger partial charge in [-0.2, -0.15) is 8.42 Å². The van der Waals surface area contributed by atoms with Crippen molar-refractivity contribution < 1.29 is 13.2 Å². The fraction of sp³-hybridized carbons (Fsp3) is 0.286. The number of nitrogens with zero attached hydrogens (tertiary/aromatic N) is 1. The number of hydrogen-bond acceptors (Lipinski definition) is 3. The van der Waals surface area contributed by atoms with E-state index in [1.54, 1.807) is 13.8 Å². The molecule has 118 valence electrons. The maximum Gasteiger partial charge on any atom is 0.342 e. The van der Waals surface area contributed by atoms with Crippen molar-refractivity contribution in [1.29, 1.82) is 0 Å². The first-order valence-electron chi connectivity index (χ1n) is 6.62. The molecule has 0 atom stereocenters. The lowest BCUT2D eigenvalue weighted by atomic mass is 10.0. The monoisotopic (exact) mass is 433 g/mol. The number of allylic oxidation sites excluding steroid dienone is 2. The Kier molecular flexibility index (Phi) is 5.22. The molecule has 6 nitrogen and oxygen atoms in total. The second kappa shape index (κ2) is 6.78. The average molecular weight is 433 g/mol. The number of hydrogen-bond donors (Lipinski definition) is 2. The zero-order valence-corrected chi connectivity index (χ0v) is 15.2. The van der Waals surface area contributed by atoms with Gasteiger partial charge in [-0.3, -0.25) is 9.52 Å². The minimum atomic E-state index is -3.63. The molecular weight excluding hydrogens is 417 g/mol. The molecule has 0 radical (unpaired) electrons. The highest BCUT2D eigenvalue weighted by Gasteiger charge is 2.20. The van der Waals surface area contributed by atoms with E-state index in [0.717, 1.165) is 14.8 Å². The number of carbonyl (C=O) groups is 1. The molecule has 1 heterocycles. The van der Waals surface area contributed by atoms with Gasteiger partial charge in [0.2, 0.25) is 5.91 Å². The van der Waals surface area contributed by atoms with E-state index in [2.05, 4.69) is 37.0 Å². The molecule has 0 fully saturated rings. The molecule has 1 aromatic carbocycles. The Morgan fingerprint density at radius 2 is 2.00 bits per heavy atom. The molecule has 1 aliphatic heterocycles. The number of anilines is 1. The number of para-hydroxylation sites is 1. The Bertz CT molecular complexity index is 769. The van der Waals surface area contributed by atoms with Crippen molar-refractivity contribution in [3.63, 3.8) is 0 Å². The summed E-state index contributed by atoms with van der Waals surface area (Å²) in [5.74, 6) is -0.120. The van der Waals surface area contributed by atoms with Crippen LogP contribution in [0.1, 0.15) is 26.7 Å². The Hall–Kier alpha value is -1.42. The summed E-state index contributed by atoms with van der Waals surface area (Å²) in [5.41, 5.74) is 2.48. The molecule has 22 heavy (non-hydrogen) atoms. The third kappa shape index (κ3) is 4.29. The fourth-order valence-electron chi connectivity index (χ4n) is 2.17. The van der Waals surface area contributed by atoms with E-state index < -0.39 is 10.2 Å². The SMILES string of the molecule is CC1=NS(=O)(=O)NC(C)=C1CCC(=O)Nc1ccccc1I. The van der Waals surface area contributed by atoms with Gasteiger partial charge in [-0.25, -0.2) is 0 Å². The predicted molar refractivity (Wildman–Crippen MR) is 94.9 cm³/mol. The molecule has 0 aromatic heterocycles. The number of halogens is 1. The van der Waals surface area contributed by atoms with Gasteiger partial charge in [-0.15, -0.1) is 4.40 Å². The Labute approximate surface area is 143 Å². The number of amides is 1. The zero-order valence-electron chi connectivity index (χ0n) is 12.2. The molecule has 8 heteroatoms.